The zero-order valence-electron chi connectivity index (χ0n) is 17.6. The number of hydrogen-bond acceptors (Lipinski definition) is 9. The summed E-state index contributed by atoms with van der Waals surface area (Å²) in [6.45, 7) is -0.301. The SMILES string of the molecule is COC(=O)CN1C(=O)[C@@H](Oc2ccccc2)[C@H]1C1=C[C@@H]2O[C@H]1C(C(=O)OC)=C2C(=O)OC. The molecule has 4 rings (SSSR count). The molecule has 2 bridgehead atoms. The number of nitrogens with zero attached hydrogens (tertiary/aromatic N) is 1. The molecule has 0 N–H and O–H groups in total. The van der Waals surface area contributed by atoms with Gasteiger partial charge in [-0.1, -0.05) is 18.2 Å². The molecule has 0 aromatic heterocycles. The third-order valence-corrected chi connectivity index (χ3v) is 5.60. The smallest absolute Gasteiger partial charge is 0.337 e. The van der Waals surface area contributed by atoms with Crippen molar-refractivity contribution in [2.75, 3.05) is 27.9 Å². The van der Waals surface area contributed by atoms with Crippen molar-refractivity contribution in [1.29, 1.82) is 0 Å². The number of rotatable bonds is 7. The van der Waals surface area contributed by atoms with Gasteiger partial charge in [0, 0.05) is 0 Å². The number of methoxy groups -OCH3 is 3. The molecule has 0 aliphatic carbocycles. The standard InChI is InChI=1S/C22H21NO9/c1-28-14(24)10-23-17(19(20(23)25)31-11-7-5-4-6-8-11)12-9-13-15(21(26)29-2)16(18(12)32-13)22(27)30-3/h4-9,13,17-19H,10H2,1-3H3/t13-,17+,18+,19-/m0/s1. The van der Waals surface area contributed by atoms with E-state index in [4.69, 9.17) is 23.7 Å². The number of β-lactam (4-membered cyclic amide) rings is 1. The Morgan fingerprint density at radius 1 is 0.969 bits per heavy atom. The quantitative estimate of drug-likeness (QED) is 0.251. The third-order valence-electron chi connectivity index (χ3n) is 5.60. The van der Waals surface area contributed by atoms with E-state index in [2.05, 4.69) is 0 Å². The van der Waals surface area contributed by atoms with Crippen LogP contribution in [0.1, 0.15) is 0 Å². The van der Waals surface area contributed by atoms with E-state index in [0.717, 1.165) is 0 Å². The van der Waals surface area contributed by atoms with E-state index in [9.17, 15) is 19.2 Å². The Labute approximate surface area is 183 Å². The highest BCUT2D eigenvalue weighted by molar-refractivity contribution is 6.05. The predicted octanol–water partition coefficient (Wildman–Crippen LogP) is 0.168. The molecule has 10 nitrogen and oxygen atoms in total. The Bertz CT molecular complexity index is 1030. The van der Waals surface area contributed by atoms with E-state index >= 15 is 0 Å². The van der Waals surface area contributed by atoms with Gasteiger partial charge < -0.3 is 28.6 Å². The summed E-state index contributed by atoms with van der Waals surface area (Å²) in [6, 6.07) is 8.03. The molecule has 1 aromatic rings. The molecule has 3 aliphatic rings. The second-order valence-corrected chi connectivity index (χ2v) is 7.25. The first kappa shape index (κ1) is 21.6. The topological polar surface area (TPSA) is 118 Å². The van der Waals surface area contributed by atoms with Crippen LogP contribution < -0.4 is 4.74 Å². The highest BCUT2D eigenvalue weighted by Gasteiger charge is 2.58. The minimum atomic E-state index is -0.947. The average Bonchev–Trinajstić information content (AvgIpc) is 3.40. The summed E-state index contributed by atoms with van der Waals surface area (Å²) < 4.78 is 26.1. The van der Waals surface area contributed by atoms with Gasteiger partial charge in [0.2, 0.25) is 6.10 Å². The number of benzene rings is 1. The fraction of sp³-hybridized carbons (Fsp3) is 0.364. The molecule has 1 fully saturated rings. The van der Waals surface area contributed by atoms with Gasteiger partial charge in [-0.25, -0.2) is 9.59 Å². The molecule has 0 unspecified atom stereocenters. The van der Waals surface area contributed by atoms with Crippen LogP contribution in [0.2, 0.25) is 0 Å². The van der Waals surface area contributed by atoms with Crippen LogP contribution in [-0.2, 0) is 38.1 Å². The molecule has 3 heterocycles. The van der Waals surface area contributed by atoms with Crippen LogP contribution in [-0.4, -0.2) is 80.9 Å². The van der Waals surface area contributed by atoms with E-state index < -0.39 is 48.2 Å². The van der Waals surface area contributed by atoms with Crippen molar-refractivity contribution in [2.24, 2.45) is 0 Å². The maximum atomic E-state index is 12.8. The predicted molar refractivity (Wildman–Crippen MR) is 106 cm³/mol. The Balaban J connectivity index is 1.67. The van der Waals surface area contributed by atoms with Crippen LogP contribution >= 0.6 is 0 Å². The number of carbonyl (C=O) groups excluding carboxylic acids is 4. The lowest BCUT2D eigenvalue weighted by molar-refractivity contribution is -0.167. The fourth-order valence-electron chi connectivity index (χ4n) is 4.14. The molecule has 10 heteroatoms. The molecule has 0 radical (unpaired) electrons. The molecule has 32 heavy (non-hydrogen) atoms. The van der Waals surface area contributed by atoms with Gasteiger partial charge in [-0.3, -0.25) is 9.59 Å². The molecule has 168 valence electrons. The van der Waals surface area contributed by atoms with Gasteiger partial charge in [0.25, 0.3) is 5.91 Å². The van der Waals surface area contributed by atoms with Crippen LogP contribution in [0.4, 0.5) is 0 Å². The number of likely N-dealkylation sites (tertiary alicyclic amines) is 1. The van der Waals surface area contributed by atoms with Crippen molar-refractivity contribution >= 4 is 23.8 Å². The molecule has 0 saturated carbocycles. The average molecular weight is 443 g/mol. The largest absolute Gasteiger partial charge is 0.478 e. The number of hydrogen-bond donors (Lipinski definition) is 0. The van der Waals surface area contributed by atoms with E-state index in [-0.39, 0.29) is 17.7 Å². The van der Waals surface area contributed by atoms with E-state index in [1.54, 1.807) is 30.3 Å². The van der Waals surface area contributed by atoms with Crippen molar-refractivity contribution < 1.29 is 42.9 Å². The second-order valence-electron chi connectivity index (χ2n) is 7.25. The second kappa shape index (κ2) is 8.46. The number of esters is 3. The minimum absolute atomic E-state index is 0.0117. The van der Waals surface area contributed by atoms with Gasteiger partial charge in [0.1, 0.15) is 30.5 Å². The Hall–Kier alpha value is -3.66. The van der Waals surface area contributed by atoms with Gasteiger partial charge >= 0.3 is 17.9 Å². The first-order valence-corrected chi connectivity index (χ1v) is 9.78. The van der Waals surface area contributed by atoms with E-state index in [0.29, 0.717) is 11.3 Å². The normalized spacial score (nSPS) is 25.8. The monoisotopic (exact) mass is 443 g/mol. The van der Waals surface area contributed by atoms with Gasteiger partial charge in [-0.15, -0.1) is 0 Å². The first-order chi connectivity index (χ1) is 15.4. The van der Waals surface area contributed by atoms with E-state index in [1.165, 1.54) is 26.2 Å². The van der Waals surface area contributed by atoms with Crippen molar-refractivity contribution in [3.8, 4) is 5.75 Å². The molecule has 4 atom stereocenters. The van der Waals surface area contributed by atoms with Crippen LogP contribution in [0.25, 0.3) is 0 Å². The summed E-state index contributed by atoms with van der Waals surface area (Å²) in [4.78, 5) is 50.7. The maximum Gasteiger partial charge on any atom is 0.337 e. The molecule has 0 spiro atoms. The fourth-order valence-corrected chi connectivity index (χ4v) is 4.14. The number of carbonyl (C=O) groups is 4. The van der Waals surface area contributed by atoms with Crippen LogP contribution in [0.3, 0.4) is 0 Å². The Morgan fingerprint density at radius 2 is 1.62 bits per heavy atom. The van der Waals surface area contributed by atoms with E-state index in [1.807, 2.05) is 6.07 Å². The van der Waals surface area contributed by atoms with Crippen LogP contribution in [0.15, 0.2) is 53.1 Å². The lowest BCUT2D eigenvalue weighted by atomic mass is 9.81. The zero-order chi connectivity index (χ0) is 23.0. The summed E-state index contributed by atoms with van der Waals surface area (Å²) in [5, 5.41) is 0. The lowest BCUT2D eigenvalue weighted by Gasteiger charge is -2.47. The van der Waals surface area contributed by atoms with Crippen molar-refractivity contribution in [3.63, 3.8) is 0 Å². The highest BCUT2D eigenvalue weighted by atomic mass is 16.6. The highest BCUT2D eigenvalue weighted by Crippen LogP contribution is 2.45. The van der Waals surface area contributed by atoms with Crippen LogP contribution in [0, 0.1) is 0 Å². The molecule has 1 aromatic carbocycles. The summed E-state index contributed by atoms with van der Waals surface area (Å²) in [6.07, 6.45) is -1.09. The zero-order valence-corrected chi connectivity index (χ0v) is 17.6. The molecule has 3 aliphatic heterocycles. The van der Waals surface area contributed by atoms with Gasteiger partial charge in [-0.05, 0) is 23.8 Å². The van der Waals surface area contributed by atoms with Gasteiger partial charge in [-0.2, -0.15) is 0 Å². The van der Waals surface area contributed by atoms with Crippen molar-refractivity contribution in [3.05, 3.63) is 53.1 Å². The lowest BCUT2D eigenvalue weighted by Crippen LogP contribution is -2.69. The number of para-hydroxylation sites is 1. The maximum absolute atomic E-state index is 12.8. The van der Waals surface area contributed by atoms with Gasteiger partial charge in [0.05, 0.1) is 32.5 Å². The number of amides is 1. The number of ether oxygens (including phenoxy) is 5. The summed E-state index contributed by atoms with van der Waals surface area (Å²) in [5.74, 6) is -2.00. The summed E-state index contributed by atoms with van der Waals surface area (Å²) in [5.41, 5.74) is 0.587. The number of fused-ring (bicyclic) bond motifs is 2. The minimum Gasteiger partial charge on any atom is -0.478 e. The van der Waals surface area contributed by atoms with Crippen LogP contribution in [0.5, 0.6) is 5.75 Å². The molecular formula is C22H21NO9. The molecule has 1 amide bonds. The first-order valence-electron chi connectivity index (χ1n) is 9.78. The summed E-state index contributed by atoms with van der Waals surface area (Å²) in [7, 11) is 3.62. The van der Waals surface area contributed by atoms with Gasteiger partial charge in [0.15, 0.2) is 0 Å². The van der Waals surface area contributed by atoms with Crippen molar-refractivity contribution in [2.45, 2.75) is 24.4 Å². The summed E-state index contributed by atoms with van der Waals surface area (Å²) >= 11 is 0. The Morgan fingerprint density at radius 3 is 2.25 bits per heavy atom. The van der Waals surface area contributed by atoms with Crippen molar-refractivity contribution in [1.82, 2.24) is 4.90 Å². The molecule has 1 saturated heterocycles. The molecular weight excluding hydrogens is 422 g/mol. The third kappa shape index (κ3) is 3.42. The Kier molecular flexibility index (Phi) is 5.70.